The lowest BCUT2D eigenvalue weighted by atomic mass is 9.95. The normalized spacial score (nSPS) is 18.3. The highest BCUT2D eigenvalue weighted by molar-refractivity contribution is 9.10. The van der Waals surface area contributed by atoms with Gasteiger partial charge >= 0.3 is 6.18 Å². The van der Waals surface area contributed by atoms with Gasteiger partial charge in [0.15, 0.2) is 0 Å². The summed E-state index contributed by atoms with van der Waals surface area (Å²) in [7, 11) is 0. The molecular weight excluding hydrogens is 474 g/mol. The maximum absolute atomic E-state index is 13.9. The first-order valence-corrected chi connectivity index (χ1v) is 11.0. The van der Waals surface area contributed by atoms with E-state index >= 15 is 0 Å². The van der Waals surface area contributed by atoms with Gasteiger partial charge in [0.1, 0.15) is 11.5 Å². The summed E-state index contributed by atoms with van der Waals surface area (Å²) in [6, 6.07) is 3.92. The second kappa shape index (κ2) is 7.80. The number of hydrogen-bond donors (Lipinski definition) is 0. The van der Waals surface area contributed by atoms with Crippen LogP contribution in [0, 0.1) is 11.7 Å². The summed E-state index contributed by atoms with van der Waals surface area (Å²) in [6.07, 6.45) is 3.30. The van der Waals surface area contributed by atoms with Gasteiger partial charge in [-0.25, -0.2) is 4.39 Å². The Morgan fingerprint density at radius 1 is 1.16 bits per heavy atom. The van der Waals surface area contributed by atoms with Gasteiger partial charge in [0, 0.05) is 22.1 Å². The van der Waals surface area contributed by atoms with Crippen LogP contribution in [-0.2, 0) is 5.54 Å². The fourth-order valence-corrected chi connectivity index (χ4v) is 4.71. The van der Waals surface area contributed by atoms with E-state index in [1.807, 2.05) is 25.5 Å². The molecule has 1 aliphatic heterocycles. The molecule has 0 N–H and O–H groups in total. The van der Waals surface area contributed by atoms with Gasteiger partial charge in [-0.2, -0.15) is 18.3 Å². The Hall–Kier alpha value is -2.09. The minimum absolute atomic E-state index is 0.104. The molecule has 1 aromatic carbocycles. The molecule has 0 saturated heterocycles. The first kappa shape index (κ1) is 22.1. The van der Waals surface area contributed by atoms with Crippen molar-refractivity contribution in [3.8, 4) is 11.3 Å². The van der Waals surface area contributed by atoms with Crippen LogP contribution in [0.15, 0.2) is 52.8 Å². The fourth-order valence-electron chi connectivity index (χ4n) is 4.17. The summed E-state index contributed by atoms with van der Waals surface area (Å²) in [5.41, 5.74) is 1.10. The molecule has 31 heavy (non-hydrogen) atoms. The fraction of sp³-hybridized carbons (Fsp3) is 0.435. The SMILES string of the molecule is CC(C)(C)n1ncc([C@@H](C2CC2)N2CC=CC=C2C(F)(F)F)c1-c1ccc(F)cc1Br. The summed E-state index contributed by atoms with van der Waals surface area (Å²) in [5.74, 6) is -0.283. The van der Waals surface area contributed by atoms with Crippen molar-refractivity contribution in [2.24, 2.45) is 5.92 Å². The van der Waals surface area contributed by atoms with E-state index in [1.165, 1.54) is 23.1 Å². The Balaban J connectivity index is 1.91. The lowest BCUT2D eigenvalue weighted by Crippen LogP contribution is -2.37. The molecule has 0 amide bonds. The molecule has 2 aliphatic rings. The van der Waals surface area contributed by atoms with Crippen LogP contribution < -0.4 is 0 Å². The Kier molecular flexibility index (Phi) is 5.56. The van der Waals surface area contributed by atoms with Gasteiger partial charge in [-0.3, -0.25) is 4.68 Å². The van der Waals surface area contributed by atoms with E-state index in [0.29, 0.717) is 15.7 Å². The van der Waals surface area contributed by atoms with E-state index < -0.39 is 23.5 Å². The van der Waals surface area contributed by atoms with Gasteiger partial charge < -0.3 is 4.90 Å². The van der Waals surface area contributed by atoms with Crippen molar-refractivity contribution < 1.29 is 17.6 Å². The zero-order valence-electron chi connectivity index (χ0n) is 17.5. The standard InChI is InChI=1S/C23H24BrF4N3/c1-22(2,3)31-21(16-10-9-15(25)12-18(16)24)17(13-29-31)20(14-7-8-14)30-11-5-4-6-19(30)23(26,27)28/h4-6,9-10,12-14,20H,7-8,11H2,1-3H3/t20-/m1/s1. The van der Waals surface area contributed by atoms with Gasteiger partial charge in [0.05, 0.1) is 23.5 Å². The molecule has 1 aromatic heterocycles. The van der Waals surface area contributed by atoms with Crippen molar-refractivity contribution in [3.63, 3.8) is 0 Å². The zero-order valence-corrected chi connectivity index (χ0v) is 19.1. The van der Waals surface area contributed by atoms with Gasteiger partial charge in [-0.15, -0.1) is 0 Å². The molecule has 0 unspecified atom stereocenters. The Bertz CT molecular complexity index is 1040. The third-order valence-corrected chi connectivity index (χ3v) is 6.29. The predicted octanol–water partition coefficient (Wildman–Crippen LogP) is 6.98. The van der Waals surface area contributed by atoms with Crippen molar-refractivity contribution in [1.29, 1.82) is 0 Å². The molecular formula is C23H24BrF4N3. The third-order valence-electron chi connectivity index (χ3n) is 5.63. The summed E-state index contributed by atoms with van der Waals surface area (Å²) >= 11 is 3.45. The minimum Gasteiger partial charge on any atom is -0.356 e. The van der Waals surface area contributed by atoms with Crippen LogP contribution in [0.3, 0.4) is 0 Å². The number of nitrogens with zero attached hydrogens (tertiary/aromatic N) is 3. The average Bonchev–Trinajstić information content (AvgIpc) is 3.39. The van der Waals surface area contributed by atoms with Gasteiger partial charge in [0.2, 0.25) is 0 Å². The molecule has 0 bridgehead atoms. The lowest BCUT2D eigenvalue weighted by Gasteiger charge is -2.37. The van der Waals surface area contributed by atoms with Gasteiger partial charge in [-0.1, -0.05) is 12.2 Å². The first-order chi connectivity index (χ1) is 14.5. The summed E-state index contributed by atoms with van der Waals surface area (Å²) < 4.78 is 57.8. The highest BCUT2D eigenvalue weighted by Crippen LogP contribution is 2.51. The molecule has 1 atom stereocenters. The number of halogens is 5. The third kappa shape index (κ3) is 4.31. The molecule has 1 saturated carbocycles. The zero-order chi connectivity index (χ0) is 22.6. The van der Waals surface area contributed by atoms with E-state index in [-0.39, 0.29) is 18.3 Å². The van der Waals surface area contributed by atoms with E-state index in [0.717, 1.165) is 24.5 Å². The van der Waals surface area contributed by atoms with Crippen LogP contribution in [0.2, 0.25) is 0 Å². The smallest absolute Gasteiger partial charge is 0.356 e. The molecule has 4 rings (SSSR count). The van der Waals surface area contributed by atoms with E-state index in [9.17, 15) is 17.6 Å². The van der Waals surface area contributed by atoms with Crippen molar-refractivity contribution in [2.75, 3.05) is 6.54 Å². The van der Waals surface area contributed by atoms with E-state index in [1.54, 1.807) is 18.3 Å². The van der Waals surface area contributed by atoms with Crippen molar-refractivity contribution in [2.45, 2.75) is 51.4 Å². The monoisotopic (exact) mass is 497 g/mol. The van der Waals surface area contributed by atoms with Crippen LogP contribution in [0.4, 0.5) is 17.6 Å². The molecule has 3 nitrogen and oxygen atoms in total. The Morgan fingerprint density at radius 2 is 1.87 bits per heavy atom. The molecule has 2 heterocycles. The second-order valence-electron chi connectivity index (χ2n) is 9.07. The summed E-state index contributed by atoms with van der Waals surface area (Å²) in [6.45, 7) is 6.14. The van der Waals surface area contributed by atoms with Crippen molar-refractivity contribution >= 4 is 15.9 Å². The molecule has 1 aliphatic carbocycles. The maximum atomic E-state index is 13.9. The number of allylic oxidation sites excluding steroid dienone is 3. The van der Waals surface area contributed by atoms with Crippen LogP contribution in [0.25, 0.3) is 11.3 Å². The molecule has 166 valence electrons. The number of rotatable bonds is 4. The number of aromatic nitrogens is 2. The topological polar surface area (TPSA) is 21.1 Å². The number of benzene rings is 1. The van der Waals surface area contributed by atoms with E-state index in [2.05, 4.69) is 21.0 Å². The number of hydrogen-bond acceptors (Lipinski definition) is 2. The highest BCUT2D eigenvalue weighted by atomic mass is 79.9. The van der Waals surface area contributed by atoms with Gasteiger partial charge in [0.25, 0.3) is 0 Å². The summed E-state index contributed by atoms with van der Waals surface area (Å²) in [4.78, 5) is 1.45. The van der Waals surface area contributed by atoms with Crippen LogP contribution >= 0.6 is 15.9 Å². The van der Waals surface area contributed by atoms with E-state index in [4.69, 9.17) is 0 Å². The van der Waals surface area contributed by atoms with Crippen LogP contribution in [0.1, 0.15) is 45.2 Å². The molecule has 1 fully saturated rings. The first-order valence-electron chi connectivity index (χ1n) is 10.2. The number of alkyl halides is 3. The predicted molar refractivity (Wildman–Crippen MR) is 116 cm³/mol. The largest absolute Gasteiger partial charge is 0.431 e. The molecule has 8 heteroatoms. The van der Waals surface area contributed by atoms with Crippen molar-refractivity contribution in [3.05, 3.63) is 64.2 Å². The lowest BCUT2D eigenvalue weighted by molar-refractivity contribution is -0.115. The van der Waals surface area contributed by atoms with Crippen LogP contribution in [0.5, 0.6) is 0 Å². The Labute approximate surface area is 187 Å². The highest BCUT2D eigenvalue weighted by Gasteiger charge is 2.46. The minimum atomic E-state index is -4.45. The van der Waals surface area contributed by atoms with Gasteiger partial charge in [-0.05, 0) is 79.7 Å². The molecule has 2 aromatic rings. The van der Waals surface area contributed by atoms with Crippen molar-refractivity contribution in [1.82, 2.24) is 14.7 Å². The second-order valence-corrected chi connectivity index (χ2v) is 9.92. The summed E-state index contributed by atoms with van der Waals surface area (Å²) in [5, 5.41) is 4.60. The average molecular weight is 498 g/mol. The molecule has 0 radical (unpaired) electrons. The Morgan fingerprint density at radius 3 is 2.45 bits per heavy atom. The molecule has 0 spiro atoms. The quantitative estimate of drug-likeness (QED) is 0.425. The van der Waals surface area contributed by atoms with Crippen LogP contribution in [-0.4, -0.2) is 27.4 Å². The maximum Gasteiger partial charge on any atom is 0.431 e.